The third kappa shape index (κ3) is 6.33. The van der Waals surface area contributed by atoms with Crippen LogP contribution in [0.15, 0.2) is 77.9 Å². The Bertz CT molecular complexity index is 962. The third-order valence-electron chi connectivity index (χ3n) is 3.66. The molecule has 0 saturated heterocycles. The van der Waals surface area contributed by atoms with Gasteiger partial charge in [-0.25, -0.2) is 4.39 Å². The van der Waals surface area contributed by atoms with Crippen molar-refractivity contribution in [2.45, 2.75) is 6.61 Å². The Labute approximate surface area is 173 Å². The number of hydrazone groups is 1. The zero-order valence-corrected chi connectivity index (χ0v) is 16.3. The molecule has 0 aliphatic carbocycles. The molecule has 3 aromatic carbocycles. The molecule has 7 heteroatoms. The summed E-state index contributed by atoms with van der Waals surface area (Å²) in [4.78, 5) is 0. The summed E-state index contributed by atoms with van der Waals surface area (Å²) < 4.78 is 18.7. The second-order valence-corrected chi connectivity index (χ2v) is 6.66. The van der Waals surface area contributed by atoms with Crippen LogP contribution in [0.5, 0.6) is 5.75 Å². The molecule has 0 saturated carbocycles. The van der Waals surface area contributed by atoms with Crippen LogP contribution in [-0.2, 0) is 6.61 Å². The van der Waals surface area contributed by atoms with Crippen molar-refractivity contribution >= 4 is 40.8 Å². The van der Waals surface area contributed by atoms with E-state index in [1.165, 1.54) is 12.1 Å². The lowest BCUT2D eigenvalue weighted by Gasteiger charge is -2.08. The fourth-order valence-corrected chi connectivity index (χ4v) is 2.59. The lowest BCUT2D eigenvalue weighted by Crippen LogP contribution is -2.23. The van der Waals surface area contributed by atoms with Crippen LogP contribution >= 0.6 is 23.8 Å². The van der Waals surface area contributed by atoms with Crippen LogP contribution in [0.2, 0.25) is 5.02 Å². The van der Waals surface area contributed by atoms with Gasteiger partial charge in [0.25, 0.3) is 0 Å². The minimum absolute atomic E-state index is 0.304. The molecule has 0 radical (unpaired) electrons. The summed E-state index contributed by atoms with van der Waals surface area (Å²) >= 11 is 11.0. The standard InChI is InChI=1S/C21H17ClFN3OS/c22-17-6-4-15(5-7-17)14-27-20-3-1-2-16(12-20)13-24-26-21(28)25-19-10-8-18(23)9-11-19/h1-13H,14H2,(H2,25,26,28). The minimum Gasteiger partial charge on any atom is -0.489 e. The van der Waals surface area contributed by atoms with Gasteiger partial charge in [0, 0.05) is 10.7 Å². The van der Waals surface area contributed by atoms with E-state index < -0.39 is 0 Å². The largest absolute Gasteiger partial charge is 0.489 e. The predicted molar refractivity (Wildman–Crippen MR) is 116 cm³/mol. The molecule has 0 bridgehead atoms. The molecule has 0 fully saturated rings. The first-order valence-corrected chi connectivity index (χ1v) is 9.20. The van der Waals surface area contributed by atoms with E-state index in [-0.39, 0.29) is 5.82 Å². The average molecular weight is 414 g/mol. The number of halogens is 2. The van der Waals surface area contributed by atoms with E-state index in [1.54, 1.807) is 18.3 Å². The number of anilines is 1. The van der Waals surface area contributed by atoms with Crippen LogP contribution in [0.1, 0.15) is 11.1 Å². The molecule has 0 spiro atoms. The first-order chi connectivity index (χ1) is 13.6. The number of thiocarbonyl (C=S) groups is 1. The quantitative estimate of drug-likeness (QED) is 0.323. The molecule has 0 atom stereocenters. The van der Waals surface area contributed by atoms with Crippen LogP contribution < -0.4 is 15.5 Å². The number of nitrogens with zero attached hydrogens (tertiary/aromatic N) is 1. The lowest BCUT2D eigenvalue weighted by atomic mass is 10.2. The molecule has 28 heavy (non-hydrogen) atoms. The van der Waals surface area contributed by atoms with E-state index in [9.17, 15) is 4.39 Å². The van der Waals surface area contributed by atoms with Crippen molar-refractivity contribution in [3.63, 3.8) is 0 Å². The molecule has 0 heterocycles. The van der Waals surface area contributed by atoms with Gasteiger partial charge in [0.15, 0.2) is 5.11 Å². The third-order valence-corrected chi connectivity index (χ3v) is 4.10. The maximum atomic E-state index is 12.9. The number of hydrogen-bond acceptors (Lipinski definition) is 3. The zero-order valence-electron chi connectivity index (χ0n) is 14.7. The normalized spacial score (nSPS) is 10.6. The second kappa shape index (κ2) is 9.82. The number of nitrogens with one attached hydrogen (secondary N) is 2. The Morgan fingerprint density at radius 1 is 1.07 bits per heavy atom. The monoisotopic (exact) mass is 413 g/mol. The van der Waals surface area contributed by atoms with Gasteiger partial charge in [0.2, 0.25) is 0 Å². The van der Waals surface area contributed by atoms with Crippen molar-refractivity contribution in [1.29, 1.82) is 0 Å². The first-order valence-electron chi connectivity index (χ1n) is 8.41. The Kier molecular flexibility index (Phi) is 6.94. The van der Waals surface area contributed by atoms with Crippen LogP contribution in [0.4, 0.5) is 10.1 Å². The second-order valence-electron chi connectivity index (χ2n) is 5.82. The van der Waals surface area contributed by atoms with Crippen molar-refractivity contribution in [3.05, 3.63) is 94.8 Å². The Balaban J connectivity index is 1.51. The van der Waals surface area contributed by atoms with Gasteiger partial charge in [-0.15, -0.1) is 0 Å². The molecule has 3 aromatic rings. The van der Waals surface area contributed by atoms with E-state index in [0.717, 1.165) is 16.9 Å². The minimum atomic E-state index is -0.305. The summed E-state index contributed by atoms with van der Waals surface area (Å²) in [5, 5.41) is 8.02. The van der Waals surface area contributed by atoms with Crippen LogP contribution in [0.3, 0.4) is 0 Å². The van der Waals surface area contributed by atoms with Gasteiger partial charge in [-0.3, -0.25) is 5.43 Å². The highest BCUT2D eigenvalue weighted by atomic mass is 35.5. The Morgan fingerprint density at radius 2 is 1.82 bits per heavy atom. The maximum Gasteiger partial charge on any atom is 0.191 e. The van der Waals surface area contributed by atoms with Crippen molar-refractivity contribution < 1.29 is 9.13 Å². The van der Waals surface area contributed by atoms with E-state index in [1.807, 2.05) is 48.5 Å². The molecular weight excluding hydrogens is 397 g/mol. The summed E-state index contributed by atoms with van der Waals surface area (Å²) in [5.74, 6) is 0.423. The number of rotatable bonds is 6. The van der Waals surface area contributed by atoms with Crippen LogP contribution in [-0.4, -0.2) is 11.3 Å². The molecular formula is C21H17ClFN3OS. The summed E-state index contributed by atoms with van der Waals surface area (Å²) in [5.41, 5.74) is 5.27. The van der Waals surface area contributed by atoms with Crippen LogP contribution in [0.25, 0.3) is 0 Å². The molecule has 4 nitrogen and oxygen atoms in total. The highest BCUT2D eigenvalue weighted by Gasteiger charge is 1.99. The van der Waals surface area contributed by atoms with E-state index >= 15 is 0 Å². The van der Waals surface area contributed by atoms with Gasteiger partial charge in [0.1, 0.15) is 18.2 Å². The molecule has 0 amide bonds. The van der Waals surface area contributed by atoms with Gasteiger partial charge in [-0.1, -0.05) is 35.9 Å². The van der Waals surface area contributed by atoms with Gasteiger partial charge in [-0.2, -0.15) is 5.10 Å². The highest BCUT2D eigenvalue weighted by Crippen LogP contribution is 2.16. The smallest absolute Gasteiger partial charge is 0.191 e. The fourth-order valence-electron chi connectivity index (χ4n) is 2.29. The molecule has 142 valence electrons. The number of ether oxygens (including phenoxy) is 1. The van der Waals surface area contributed by atoms with E-state index in [0.29, 0.717) is 22.4 Å². The van der Waals surface area contributed by atoms with Crippen molar-refractivity contribution in [2.24, 2.45) is 5.10 Å². The molecule has 0 unspecified atom stereocenters. The van der Waals surface area contributed by atoms with E-state index in [2.05, 4.69) is 15.8 Å². The van der Waals surface area contributed by atoms with Gasteiger partial charge >= 0.3 is 0 Å². The van der Waals surface area contributed by atoms with E-state index in [4.69, 9.17) is 28.6 Å². The summed E-state index contributed by atoms with van der Waals surface area (Å²) in [6.45, 7) is 0.446. The molecule has 2 N–H and O–H groups in total. The molecule has 0 aliphatic heterocycles. The summed E-state index contributed by atoms with van der Waals surface area (Å²) in [6, 6.07) is 20.9. The molecule has 0 aromatic heterocycles. The Hall–Kier alpha value is -2.96. The topological polar surface area (TPSA) is 45.7 Å². The number of hydrogen-bond donors (Lipinski definition) is 2. The Morgan fingerprint density at radius 3 is 2.57 bits per heavy atom. The fraction of sp³-hybridized carbons (Fsp3) is 0.0476. The summed E-state index contributed by atoms with van der Waals surface area (Å²) in [6.07, 6.45) is 1.63. The van der Waals surface area contributed by atoms with Gasteiger partial charge < -0.3 is 10.1 Å². The van der Waals surface area contributed by atoms with Crippen molar-refractivity contribution in [3.8, 4) is 5.75 Å². The average Bonchev–Trinajstić information content (AvgIpc) is 2.70. The lowest BCUT2D eigenvalue weighted by molar-refractivity contribution is 0.306. The van der Waals surface area contributed by atoms with Crippen molar-refractivity contribution in [1.82, 2.24) is 5.43 Å². The predicted octanol–water partition coefficient (Wildman–Crippen LogP) is 5.38. The molecule has 0 aliphatic rings. The van der Waals surface area contributed by atoms with Gasteiger partial charge in [-0.05, 0) is 71.9 Å². The van der Waals surface area contributed by atoms with Crippen molar-refractivity contribution in [2.75, 3.05) is 5.32 Å². The zero-order chi connectivity index (χ0) is 19.8. The number of benzene rings is 3. The van der Waals surface area contributed by atoms with Crippen LogP contribution in [0, 0.1) is 5.82 Å². The SMILES string of the molecule is Fc1ccc(NC(=S)NN=Cc2cccc(OCc3ccc(Cl)cc3)c2)cc1. The first kappa shape index (κ1) is 19.8. The summed E-state index contributed by atoms with van der Waals surface area (Å²) in [7, 11) is 0. The molecule has 3 rings (SSSR count). The maximum absolute atomic E-state index is 12.9. The van der Waals surface area contributed by atoms with Gasteiger partial charge in [0.05, 0.1) is 6.21 Å². The highest BCUT2D eigenvalue weighted by molar-refractivity contribution is 7.80.